The molecule has 0 bridgehead atoms. The summed E-state index contributed by atoms with van der Waals surface area (Å²) >= 11 is 0. The molecule has 0 aliphatic heterocycles. The average molecular weight is 217 g/mol. The molecule has 1 amide bonds. The molecule has 0 unspecified atom stereocenters. The summed E-state index contributed by atoms with van der Waals surface area (Å²) in [4.78, 5) is 15.1. The third kappa shape index (κ3) is 3.51. The van der Waals surface area contributed by atoms with E-state index >= 15 is 0 Å². The highest BCUT2D eigenvalue weighted by Crippen LogP contribution is 2.17. The van der Waals surface area contributed by atoms with Crippen molar-refractivity contribution in [2.24, 2.45) is 0 Å². The molecule has 82 valence electrons. The van der Waals surface area contributed by atoms with E-state index < -0.39 is 24.1 Å². The largest absolute Gasteiger partial charge is 0.481 e. The predicted molar refractivity (Wildman–Crippen MR) is 47.0 cm³/mol. The Balaban J connectivity index is 2.57. The lowest BCUT2D eigenvalue weighted by atomic mass is 10.3. The van der Waals surface area contributed by atoms with Crippen molar-refractivity contribution in [3.63, 3.8) is 0 Å². The van der Waals surface area contributed by atoms with Crippen LogP contribution in [-0.2, 0) is 9.63 Å². The highest BCUT2D eigenvalue weighted by Gasteiger charge is 2.07. The van der Waals surface area contributed by atoms with Crippen molar-refractivity contribution in [3.05, 3.63) is 29.8 Å². The zero-order valence-corrected chi connectivity index (χ0v) is 7.92. The standard InChI is InChI=1S/C9H9F2NO3/c1-14-12-9(13)5-15-8-4-6(10)2-3-7(8)11/h2-4H,5H2,1H3,(H,12,13). The fourth-order valence-electron chi connectivity index (χ4n) is 0.874. The zero-order chi connectivity index (χ0) is 11.3. The molecule has 1 aromatic rings. The molecule has 4 nitrogen and oxygen atoms in total. The molecular formula is C9H9F2NO3. The summed E-state index contributed by atoms with van der Waals surface area (Å²) in [6.45, 7) is -0.450. The van der Waals surface area contributed by atoms with E-state index in [0.29, 0.717) is 0 Å². The van der Waals surface area contributed by atoms with Gasteiger partial charge in [-0.1, -0.05) is 0 Å². The molecule has 0 atom stereocenters. The first-order valence-corrected chi connectivity index (χ1v) is 4.03. The highest BCUT2D eigenvalue weighted by molar-refractivity contribution is 5.76. The van der Waals surface area contributed by atoms with Crippen molar-refractivity contribution in [2.45, 2.75) is 0 Å². The Labute approximate surface area is 84.7 Å². The van der Waals surface area contributed by atoms with E-state index in [2.05, 4.69) is 4.84 Å². The van der Waals surface area contributed by atoms with Gasteiger partial charge in [0.15, 0.2) is 18.2 Å². The van der Waals surface area contributed by atoms with Crippen LogP contribution in [0.4, 0.5) is 8.78 Å². The van der Waals surface area contributed by atoms with E-state index in [4.69, 9.17) is 4.74 Å². The van der Waals surface area contributed by atoms with Crippen LogP contribution >= 0.6 is 0 Å². The maximum absolute atomic E-state index is 13.0. The highest BCUT2D eigenvalue weighted by atomic mass is 19.1. The fraction of sp³-hybridized carbons (Fsp3) is 0.222. The van der Waals surface area contributed by atoms with Crippen LogP contribution < -0.4 is 10.2 Å². The van der Waals surface area contributed by atoms with Gasteiger partial charge in [0.25, 0.3) is 5.91 Å². The van der Waals surface area contributed by atoms with E-state index in [9.17, 15) is 13.6 Å². The topological polar surface area (TPSA) is 47.6 Å². The molecule has 0 fully saturated rings. The maximum atomic E-state index is 13.0. The molecule has 15 heavy (non-hydrogen) atoms. The summed E-state index contributed by atoms with van der Waals surface area (Å²) in [5.74, 6) is -2.29. The average Bonchev–Trinajstić information content (AvgIpc) is 2.20. The number of hydrogen-bond acceptors (Lipinski definition) is 3. The van der Waals surface area contributed by atoms with Crippen LogP contribution in [0.3, 0.4) is 0 Å². The van der Waals surface area contributed by atoms with Gasteiger partial charge in [0.2, 0.25) is 0 Å². The number of hydroxylamine groups is 1. The van der Waals surface area contributed by atoms with Crippen LogP contribution in [-0.4, -0.2) is 19.6 Å². The van der Waals surface area contributed by atoms with Gasteiger partial charge in [0.1, 0.15) is 5.82 Å². The lowest BCUT2D eigenvalue weighted by Crippen LogP contribution is -2.27. The van der Waals surface area contributed by atoms with E-state index in [0.717, 1.165) is 18.2 Å². The summed E-state index contributed by atoms with van der Waals surface area (Å²) in [7, 11) is 1.25. The molecule has 0 spiro atoms. The Kier molecular flexibility index (Phi) is 3.99. The third-order valence-electron chi connectivity index (χ3n) is 1.47. The SMILES string of the molecule is CONC(=O)COc1cc(F)ccc1F. The Morgan fingerprint density at radius 1 is 1.47 bits per heavy atom. The lowest BCUT2D eigenvalue weighted by Gasteiger charge is -2.06. The van der Waals surface area contributed by atoms with Crippen molar-refractivity contribution in [3.8, 4) is 5.75 Å². The Bertz CT molecular complexity index is 357. The molecule has 0 saturated heterocycles. The second-order valence-electron chi connectivity index (χ2n) is 2.59. The van der Waals surface area contributed by atoms with Crippen LogP contribution in [0.15, 0.2) is 18.2 Å². The number of rotatable bonds is 4. The van der Waals surface area contributed by atoms with E-state index in [-0.39, 0.29) is 5.75 Å². The summed E-state index contributed by atoms with van der Waals surface area (Å²) < 4.78 is 30.3. The maximum Gasteiger partial charge on any atom is 0.281 e. The molecule has 6 heteroatoms. The van der Waals surface area contributed by atoms with Crippen molar-refractivity contribution in [1.29, 1.82) is 0 Å². The second kappa shape index (κ2) is 5.26. The Hall–Kier alpha value is -1.69. The summed E-state index contributed by atoms with van der Waals surface area (Å²) in [5.41, 5.74) is 1.97. The number of hydrogen-bond donors (Lipinski definition) is 1. The second-order valence-corrected chi connectivity index (χ2v) is 2.59. The van der Waals surface area contributed by atoms with Gasteiger partial charge in [-0.15, -0.1) is 0 Å². The summed E-state index contributed by atoms with van der Waals surface area (Å²) in [6.07, 6.45) is 0. The minimum absolute atomic E-state index is 0.318. The van der Waals surface area contributed by atoms with Crippen LogP contribution in [0.25, 0.3) is 0 Å². The number of benzene rings is 1. The summed E-state index contributed by atoms with van der Waals surface area (Å²) in [5, 5.41) is 0. The van der Waals surface area contributed by atoms with Crippen LogP contribution in [0.2, 0.25) is 0 Å². The van der Waals surface area contributed by atoms with Gasteiger partial charge in [-0.25, -0.2) is 14.3 Å². The van der Waals surface area contributed by atoms with Crippen molar-refractivity contribution >= 4 is 5.91 Å². The fourth-order valence-corrected chi connectivity index (χ4v) is 0.874. The number of carbonyl (C=O) groups is 1. The van der Waals surface area contributed by atoms with Crippen molar-refractivity contribution in [2.75, 3.05) is 13.7 Å². The van der Waals surface area contributed by atoms with Crippen molar-refractivity contribution < 1.29 is 23.1 Å². The molecule has 0 aliphatic carbocycles. The molecule has 1 rings (SSSR count). The lowest BCUT2D eigenvalue weighted by molar-refractivity contribution is -0.133. The molecule has 1 aromatic carbocycles. The molecule has 0 radical (unpaired) electrons. The Morgan fingerprint density at radius 3 is 2.87 bits per heavy atom. The van der Waals surface area contributed by atoms with Gasteiger partial charge in [0.05, 0.1) is 7.11 Å². The third-order valence-corrected chi connectivity index (χ3v) is 1.47. The minimum Gasteiger partial charge on any atom is -0.481 e. The first-order valence-electron chi connectivity index (χ1n) is 4.03. The Morgan fingerprint density at radius 2 is 2.20 bits per heavy atom. The van der Waals surface area contributed by atoms with Crippen LogP contribution in [0.5, 0.6) is 5.75 Å². The van der Waals surface area contributed by atoms with Gasteiger partial charge in [0, 0.05) is 6.07 Å². The van der Waals surface area contributed by atoms with E-state index in [1.165, 1.54) is 7.11 Å². The van der Waals surface area contributed by atoms with Crippen molar-refractivity contribution in [1.82, 2.24) is 5.48 Å². The first-order chi connectivity index (χ1) is 7.13. The summed E-state index contributed by atoms with van der Waals surface area (Å²) in [6, 6.07) is 2.73. The number of halogens is 2. The molecule has 0 aliphatic rings. The quantitative estimate of drug-likeness (QED) is 0.766. The van der Waals surface area contributed by atoms with Crippen LogP contribution in [0.1, 0.15) is 0 Å². The molecule has 0 aromatic heterocycles. The molecular weight excluding hydrogens is 208 g/mol. The first kappa shape index (κ1) is 11.4. The van der Waals surface area contributed by atoms with Gasteiger partial charge in [-0.05, 0) is 12.1 Å². The van der Waals surface area contributed by atoms with Gasteiger partial charge in [-0.2, -0.15) is 0 Å². The van der Waals surface area contributed by atoms with Gasteiger partial charge >= 0.3 is 0 Å². The number of carbonyl (C=O) groups excluding carboxylic acids is 1. The molecule has 0 saturated carbocycles. The van der Waals surface area contributed by atoms with Crippen LogP contribution in [0, 0.1) is 11.6 Å². The zero-order valence-electron chi connectivity index (χ0n) is 7.92. The van der Waals surface area contributed by atoms with Gasteiger partial charge in [-0.3, -0.25) is 9.63 Å². The normalized spacial score (nSPS) is 9.80. The number of ether oxygens (including phenoxy) is 1. The molecule has 1 N–H and O–H groups in total. The minimum atomic E-state index is -0.735. The monoisotopic (exact) mass is 217 g/mol. The predicted octanol–water partition coefficient (Wildman–Crippen LogP) is 1.02. The molecule has 0 heterocycles. The van der Waals surface area contributed by atoms with Gasteiger partial charge < -0.3 is 4.74 Å². The number of amides is 1. The smallest absolute Gasteiger partial charge is 0.281 e. The number of nitrogens with one attached hydrogen (secondary N) is 1. The van der Waals surface area contributed by atoms with E-state index in [1.54, 1.807) is 0 Å². The van der Waals surface area contributed by atoms with E-state index in [1.807, 2.05) is 5.48 Å².